The van der Waals surface area contributed by atoms with Crippen LogP contribution in [0.2, 0.25) is 5.02 Å². The van der Waals surface area contributed by atoms with Gasteiger partial charge in [-0.3, -0.25) is 10.0 Å². The van der Waals surface area contributed by atoms with Gasteiger partial charge in [0.25, 0.3) is 0 Å². The first kappa shape index (κ1) is 15.8. The van der Waals surface area contributed by atoms with Crippen LogP contribution in [0, 0.1) is 0 Å². The second-order valence-corrected chi connectivity index (χ2v) is 6.10. The minimum Gasteiger partial charge on any atom is -0.497 e. The highest BCUT2D eigenvalue weighted by molar-refractivity contribution is 6.31. The first-order chi connectivity index (χ1) is 11.1. The lowest BCUT2D eigenvalue weighted by Crippen LogP contribution is -2.33. The lowest BCUT2D eigenvalue weighted by atomic mass is 9.88. The van der Waals surface area contributed by atoms with Gasteiger partial charge in [0.05, 0.1) is 13.2 Å². The van der Waals surface area contributed by atoms with Crippen LogP contribution in [-0.4, -0.2) is 29.3 Å². The summed E-state index contributed by atoms with van der Waals surface area (Å²) in [4.78, 5) is 12.0. The van der Waals surface area contributed by atoms with Crippen LogP contribution in [0.25, 0.3) is 0 Å². The van der Waals surface area contributed by atoms with Crippen molar-refractivity contribution in [2.45, 2.75) is 24.8 Å². The number of carbonyl (C=O) groups is 1. The fourth-order valence-electron chi connectivity index (χ4n) is 3.10. The highest BCUT2D eigenvalue weighted by Crippen LogP contribution is 2.37. The molecule has 4 nitrogen and oxygen atoms in total. The zero-order chi connectivity index (χ0) is 16.4. The Bertz CT molecular complexity index is 719. The molecular formula is C18H18ClNO3. The molecule has 5 heteroatoms. The number of hydrogen-bond donors (Lipinski definition) is 1. The topological polar surface area (TPSA) is 49.8 Å². The molecule has 0 aliphatic carbocycles. The number of halogens is 1. The summed E-state index contributed by atoms with van der Waals surface area (Å²) in [6, 6.07) is 14.8. The number of carbonyl (C=O) groups excluding carboxylic acids is 1. The molecule has 1 aliphatic rings. The van der Waals surface area contributed by atoms with E-state index < -0.39 is 0 Å². The van der Waals surface area contributed by atoms with Crippen LogP contribution in [0.1, 0.15) is 23.5 Å². The number of hydrogen-bond acceptors (Lipinski definition) is 3. The summed E-state index contributed by atoms with van der Waals surface area (Å²) >= 11 is 6.22. The molecule has 2 atom stereocenters. The van der Waals surface area contributed by atoms with Crippen molar-refractivity contribution in [2.75, 3.05) is 7.11 Å². The molecule has 2 unspecified atom stereocenters. The SMILES string of the molecule is COc1cccc(C2CC(=O)N(O)C2Cc2ccccc2Cl)c1. The molecule has 3 rings (SSSR count). The van der Waals surface area contributed by atoms with Gasteiger partial charge in [-0.05, 0) is 35.7 Å². The Labute approximate surface area is 140 Å². The number of ether oxygens (including phenoxy) is 1. The Morgan fingerprint density at radius 3 is 2.78 bits per heavy atom. The average molecular weight is 332 g/mol. The second-order valence-electron chi connectivity index (χ2n) is 5.69. The summed E-state index contributed by atoms with van der Waals surface area (Å²) in [5, 5.41) is 11.7. The van der Waals surface area contributed by atoms with E-state index >= 15 is 0 Å². The van der Waals surface area contributed by atoms with Gasteiger partial charge in [0.15, 0.2) is 0 Å². The van der Waals surface area contributed by atoms with Crippen molar-refractivity contribution in [1.82, 2.24) is 5.06 Å². The molecule has 1 heterocycles. The number of benzene rings is 2. The number of methoxy groups -OCH3 is 1. The molecule has 1 fully saturated rings. The van der Waals surface area contributed by atoms with Gasteiger partial charge < -0.3 is 4.74 Å². The Balaban J connectivity index is 1.91. The van der Waals surface area contributed by atoms with E-state index in [0.717, 1.165) is 21.9 Å². The molecule has 0 bridgehead atoms. The first-order valence-corrected chi connectivity index (χ1v) is 7.86. The number of rotatable bonds is 4. The summed E-state index contributed by atoms with van der Waals surface area (Å²) in [6.45, 7) is 0. The predicted octanol–water partition coefficient (Wildman–Crippen LogP) is 3.67. The van der Waals surface area contributed by atoms with Gasteiger partial charge >= 0.3 is 0 Å². The summed E-state index contributed by atoms with van der Waals surface area (Å²) in [5.41, 5.74) is 1.90. The molecule has 120 valence electrons. The fourth-order valence-corrected chi connectivity index (χ4v) is 3.32. The van der Waals surface area contributed by atoms with E-state index in [1.807, 2.05) is 48.5 Å². The number of hydroxylamine groups is 2. The van der Waals surface area contributed by atoms with Crippen molar-refractivity contribution in [3.63, 3.8) is 0 Å². The zero-order valence-electron chi connectivity index (χ0n) is 12.8. The van der Waals surface area contributed by atoms with Crippen LogP contribution < -0.4 is 4.74 Å². The summed E-state index contributed by atoms with van der Waals surface area (Å²) < 4.78 is 5.26. The Kier molecular flexibility index (Phi) is 4.55. The predicted molar refractivity (Wildman–Crippen MR) is 87.9 cm³/mol. The quantitative estimate of drug-likeness (QED) is 0.870. The highest BCUT2D eigenvalue weighted by Gasteiger charge is 2.40. The lowest BCUT2D eigenvalue weighted by Gasteiger charge is -2.24. The lowest BCUT2D eigenvalue weighted by molar-refractivity contribution is -0.165. The van der Waals surface area contributed by atoms with Gasteiger partial charge in [0.2, 0.25) is 5.91 Å². The van der Waals surface area contributed by atoms with Gasteiger partial charge in [0.1, 0.15) is 5.75 Å². The standard InChI is InChI=1S/C18H18ClNO3/c1-23-14-7-4-6-12(9-14)15-11-18(21)20(22)17(15)10-13-5-2-3-8-16(13)19/h2-9,15,17,22H,10-11H2,1H3. The average Bonchev–Trinajstić information content (AvgIpc) is 2.85. The second kappa shape index (κ2) is 6.60. The molecule has 2 aromatic rings. The molecule has 0 spiro atoms. The summed E-state index contributed by atoms with van der Waals surface area (Å²) in [5.74, 6) is 0.372. The van der Waals surface area contributed by atoms with Crippen molar-refractivity contribution >= 4 is 17.5 Å². The Morgan fingerprint density at radius 2 is 2.04 bits per heavy atom. The number of nitrogens with zero attached hydrogens (tertiary/aromatic N) is 1. The van der Waals surface area contributed by atoms with Crippen molar-refractivity contribution in [3.8, 4) is 5.75 Å². The van der Waals surface area contributed by atoms with Gasteiger partial charge in [-0.2, -0.15) is 0 Å². The summed E-state index contributed by atoms with van der Waals surface area (Å²) in [7, 11) is 1.61. The van der Waals surface area contributed by atoms with Gasteiger partial charge in [-0.25, -0.2) is 5.06 Å². The van der Waals surface area contributed by atoms with Crippen LogP contribution in [-0.2, 0) is 11.2 Å². The van der Waals surface area contributed by atoms with E-state index in [-0.39, 0.29) is 24.3 Å². The van der Waals surface area contributed by atoms with E-state index in [1.54, 1.807) is 7.11 Å². The largest absolute Gasteiger partial charge is 0.497 e. The molecule has 0 radical (unpaired) electrons. The molecule has 0 aromatic heterocycles. The molecule has 1 amide bonds. The van der Waals surface area contributed by atoms with Gasteiger partial charge in [0, 0.05) is 17.4 Å². The maximum absolute atomic E-state index is 12.0. The Morgan fingerprint density at radius 1 is 1.26 bits per heavy atom. The molecule has 1 aliphatic heterocycles. The zero-order valence-corrected chi connectivity index (χ0v) is 13.5. The van der Waals surface area contributed by atoms with Crippen LogP contribution in [0.5, 0.6) is 5.75 Å². The molecule has 1 N–H and O–H groups in total. The third-order valence-electron chi connectivity index (χ3n) is 4.34. The van der Waals surface area contributed by atoms with Crippen molar-refractivity contribution < 1.29 is 14.7 Å². The van der Waals surface area contributed by atoms with E-state index in [1.165, 1.54) is 0 Å². The van der Waals surface area contributed by atoms with Crippen LogP contribution in [0.15, 0.2) is 48.5 Å². The molecule has 2 aromatic carbocycles. The smallest absolute Gasteiger partial charge is 0.246 e. The first-order valence-electron chi connectivity index (χ1n) is 7.48. The maximum Gasteiger partial charge on any atom is 0.246 e. The van der Waals surface area contributed by atoms with Crippen molar-refractivity contribution in [1.29, 1.82) is 0 Å². The van der Waals surface area contributed by atoms with Crippen molar-refractivity contribution in [2.24, 2.45) is 0 Å². The van der Waals surface area contributed by atoms with Crippen molar-refractivity contribution in [3.05, 3.63) is 64.7 Å². The monoisotopic (exact) mass is 331 g/mol. The highest BCUT2D eigenvalue weighted by atomic mass is 35.5. The van der Waals surface area contributed by atoms with Gasteiger partial charge in [-0.15, -0.1) is 0 Å². The minimum atomic E-state index is -0.338. The molecule has 0 saturated carbocycles. The third kappa shape index (κ3) is 3.19. The molecular weight excluding hydrogens is 314 g/mol. The van der Waals surface area contributed by atoms with Crippen LogP contribution in [0.4, 0.5) is 0 Å². The van der Waals surface area contributed by atoms with Crippen LogP contribution >= 0.6 is 11.6 Å². The van der Waals surface area contributed by atoms with E-state index in [9.17, 15) is 10.0 Å². The van der Waals surface area contributed by atoms with E-state index in [4.69, 9.17) is 16.3 Å². The fraction of sp³-hybridized carbons (Fsp3) is 0.278. The maximum atomic E-state index is 12.0. The minimum absolute atomic E-state index is 0.0983. The van der Waals surface area contributed by atoms with Gasteiger partial charge in [-0.1, -0.05) is 41.9 Å². The summed E-state index contributed by atoms with van der Waals surface area (Å²) in [6.07, 6.45) is 0.780. The van der Waals surface area contributed by atoms with E-state index in [0.29, 0.717) is 11.4 Å². The normalized spacial score (nSPS) is 20.8. The Hall–Kier alpha value is -2.04. The third-order valence-corrected chi connectivity index (χ3v) is 4.71. The molecule has 23 heavy (non-hydrogen) atoms. The molecule has 1 saturated heterocycles. The number of amides is 1. The van der Waals surface area contributed by atoms with E-state index in [2.05, 4.69) is 0 Å². The van der Waals surface area contributed by atoms with Crippen LogP contribution in [0.3, 0.4) is 0 Å².